The van der Waals surface area contributed by atoms with Crippen molar-refractivity contribution in [3.8, 4) is 0 Å². The fraction of sp³-hybridized carbons (Fsp3) is 0.500. The lowest BCUT2D eigenvalue weighted by atomic mass is 9.90. The van der Waals surface area contributed by atoms with E-state index >= 15 is 0 Å². The van der Waals surface area contributed by atoms with Crippen LogP contribution < -0.4 is 0 Å². The summed E-state index contributed by atoms with van der Waals surface area (Å²) in [6.45, 7) is 0.571. The van der Waals surface area contributed by atoms with Crippen LogP contribution in [-0.4, -0.2) is 12.6 Å². The van der Waals surface area contributed by atoms with Crippen LogP contribution in [0.25, 0.3) is 0 Å². The minimum atomic E-state index is -0.219. The quantitative estimate of drug-likeness (QED) is 0.654. The molecule has 92 valence electrons. The van der Waals surface area contributed by atoms with Crippen LogP contribution in [0.4, 0.5) is 0 Å². The second kappa shape index (κ2) is 6.10. The van der Waals surface area contributed by atoms with Crippen molar-refractivity contribution >= 4 is 18.6 Å². The molecule has 17 heavy (non-hydrogen) atoms. The van der Waals surface area contributed by atoms with E-state index in [2.05, 4.69) is 12.6 Å². The van der Waals surface area contributed by atoms with Crippen molar-refractivity contribution in [3.63, 3.8) is 0 Å². The molecule has 0 heterocycles. The summed E-state index contributed by atoms with van der Waals surface area (Å²) >= 11 is 4.18. The van der Waals surface area contributed by atoms with Crippen molar-refractivity contribution in [2.24, 2.45) is 5.92 Å². The van der Waals surface area contributed by atoms with Gasteiger partial charge in [-0.1, -0.05) is 19.3 Å². The lowest BCUT2D eigenvalue weighted by Crippen LogP contribution is -2.16. The van der Waals surface area contributed by atoms with E-state index in [1.165, 1.54) is 32.1 Å². The van der Waals surface area contributed by atoms with E-state index in [0.29, 0.717) is 18.1 Å². The van der Waals surface area contributed by atoms with Gasteiger partial charge >= 0.3 is 5.97 Å². The number of rotatable bonds is 3. The van der Waals surface area contributed by atoms with Crippen molar-refractivity contribution in [2.75, 3.05) is 6.61 Å². The summed E-state index contributed by atoms with van der Waals surface area (Å²) in [5, 5.41) is 0. The van der Waals surface area contributed by atoms with Crippen molar-refractivity contribution in [1.82, 2.24) is 0 Å². The normalized spacial score (nSPS) is 16.8. The molecular weight excluding hydrogens is 232 g/mol. The highest BCUT2D eigenvalue weighted by atomic mass is 32.1. The fourth-order valence-electron chi connectivity index (χ4n) is 2.23. The lowest BCUT2D eigenvalue weighted by Gasteiger charge is -2.21. The summed E-state index contributed by atoms with van der Waals surface area (Å²) in [6.07, 6.45) is 6.27. The first-order valence-electron chi connectivity index (χ1n) is 6.22. The van der Waals surface area contributed by atoms with Crippen LogP contribution in [0.1, 0.15) is 42.5 Å². The fourth-order valence-corrected chi connectivity index (χ4v) is 2.38. The Hall–Kier alpha value is -0.960. The van der Waals surface area contributed by atoms with E-state index in [0.717, 1.165) is 4.90 Å². The average molecular weight is 250 g/mol. The van der Waals surface area contributed by atoms with Crippen molar-refractivity contribution in [1.29, 1.82) is 0 Å². The SMILES string of the molecule is O=C(OCC1CCCCC1)c1ccc(S)cc1. The lowest BCUT2D eigenvalue weighted by molar-refractivity contribution is 0.0410. The molecular formula is C14H18O2S. The van der Waals surface area contributed by atoms with Gasteiger partial charge in [0.2, 0.25) is 0 Å². The molecule has 2 rings (SSSR count). The number of benzene rings is 1. The van der Waals surface area contributed by atoms with Gasteiger partial charge in [-0.05, 0) is 43.0 Å². The van der Waals surface area contributed by atoms with Crippen LogP contribution in [0.3, 0.4) is 0 Å². The average Bonchev–Trinajstić information content (AvgIpc) is 2.38. The molecule has 0 unspecified atom stereocenters. The topological polar surface area (TPSA) is 26.3 Å². The minimum Gasteiger partial charge on any atom is -0.462 e. The predicted octanol–water partition coefficient (Wildman–Crippen LogP) is 3.71. The number of carbonyl (C=O) groups excluding carboxylic acids is 1. The molecule has 0 atom stereocenters. The number of esters is 1. The van der Waals surface area contributed by atoms with Gasteiger partial charge in [-0.25, -0.2) is 4.79 Å². The van der Waals surface area contributed by atoms with E-state index in [1.54, 1.807) is 24.3 Å². The summed E-state index contributed by atoms with van der Waals surface area (Å²) in [4.78, 5) is 12.6. The van der Waals surface area contributed by atoms with E-state index < -0.39 is 0 Å². The second-order valence-electron chi connectivity index (χ2n) is 4.65. The Morgan fingerprint density at radius 1 is 1.18 bits per heavy atom. The van der Waals surface area contributed by atoms with Gasteiger partial charge in [-0.15, -0.1) is 12.6 Å². The highest BCUT2D eigenvalue weighted by Gasteiger charge is 2.16. The molecule has 0 spiro atoms. The first-order chi connectivity index (χ1) is 8.25. The molecule has 0 amide bonds. The third-order valence-electron chi connectivity index (χ3n) is 3.28. The summed E-state index contributed by atoms with van der Waals surface area (Å²) < 4.78 is 5.34. The zero-order chi connectivity index (χ0) is 12.1. The number of thiol groups is 1. The van der Waals surface area contributed by atoms with Crippen LogP contribution in [0.15, 0.2) is 29.2 Å². The van der Waals surface area contributed by atoms with Crippen LogP contribution in [0.5, 0.6) is 0 Å². The predicted molar refractivity (Wildman–Crippen MR) is 70.6 cm³/mol. The molecule has 1 aromatic carbocycles. The Labute approximate surface area is 108 Å². The van der Waals surface area contributed by atoms with Gasteiger partial charge in [0.15, 0.2) is 0 Å². The van der Waals surface area contributed by atoms with Crippen molar-refractivity contribution in [2.45, 2.75) is 37.0 Å². The third kappa shape index (κ3) is 3.77. The maximum atomic E-state index is 11.8. The Morgan fingerprint density at radius 3 is 2.47 bits per heavy atom. The van der Waals surface area contributed by atoms with Gasteiger partial charge in [0.1, 0.15) is 0 Å². The molecule has 3 heteroatoms. The first kappa shape index (κ1) is 12.5. The highest BCUT2D eigenvalue weighted by molar-refractivity contribution is 7.80. The van der Waals surface area contributed by atoms with Gasteiger partial charge < -0.3 is 4.74 Å². The Bertz CT molecular complexity index is 366. The molecule has 0 aliphatic heterocycles. The standard InChI is InChI=1S/C14H18O2S/c15-14(12-6-8-13(17)9-7-12)16-10-11-4-2-1-3-5-11/h6-9,11,17H,1-5,10H2. The number of carbonyl (C=O) groups is 1. The third-order valence-corrected chi connectivity index (χ3v) is 3.58. The molecule has 0 bridgehead atoms. The Kier molecular flexibility index (Phi) is 4.49. The first-order valence-corrected chi connectivity index (χ1v) is 6.66. The Balaban J connectivity index is 1.82. The summed E-state index contributed by atoms with van der Waals surface area (Å²) in [7, 11) is 0. The summed E-state index contributed by atoms with van der Waals surface area (Å²) in [6, 6.07) is 7.12. The second-order valence-corrected chi connectivity index (χ2v) is 5.17. The largest absolute Gasteiger partial charge is 0.462 e. The van der Waals surface area contributed by atoms with Crippen molar-refractivity contribution < 1.29 is 9.53 Å². The smallest absolute Gasteiger partial charge is 0.338 e. The molecule has 2 nitrogen and oxygen atoms in total. The van der Waals surface area contributed by atoms with Crippen LogP contribution in [0, 0.1) is 5.92 Å². The zero-order valence-corrected chi connectivity index (χ0v) is 10.8. The number of ether oxygens (including phenoxy) is 1. The Morgan fingerprint density at radius 2 is 1.82 bits per heavy atom. The molecule has 1 aromatic rings. The molecule has 1 saturated carbocycles. The van der Waals surface area contributed by atoms with Crippen molar-refractivity contribution in [3.05, 3.63) is 29.8 Å². The van der Waals surface area contributed by atoms with Gasteiger partial charge in [0, 0.05) is 4.90 Å². The zero-order valence-electron chi connectivity index (χ0n) is 9.89. The molecule has 0 N–H and O–H groups in total. The van der Waals surface area contributed by atoms with Crippen LogP contribution >= 0.6 is 12.6 Å². The van der Waals surface area contributed by atoms with Gasteiger partial charge in [0.25, 0.3) is 0 Å². The molecule has 0 radical (unpaired) electrons. The number of hydrogen-bond donors (Lipinski definition) is 1. The summed E-state index contributed by atoms with van der Waals surface area (Å²) in [5.74, 6) is 0.348. The van der Waals surface area contributed by atoms with Gasteiger partial charge in [-0.2, -0.15) is 0 Å². The monoisotopic (exact) mass is 250 g/mol. The maximum absolute atomic E-state index is 11.8. The van der Waals surface area contributed by atoms with E-state index in [1.807, 2.05) is 0 Å². The molecule has 0 aromatic heterocycles. The molecule has 1 fully saturated rings. The van der Waals surface area contributed by atoms with Crippen LogP contribution in [0.2, 0.25) is 0 Å². The van der Waals surface area contributed by atoms with E-state index in [-0.39, 0.29) is 5.97 Å². The number of hydrogen-bond acceptors (Lipinski definition) is 3. The molecule has 1 aliphatic carbocycles. The van der Waals surface area contributed by atoms with E-state index in [4.69, 9.17) is 4.74 Å². The minimum absolute atomic E-state index is 0.219. The van der Waals surface area contributed by atoms with Gasteiger partial charge in [0.05, 0.1) is 12.2 Å². The molecule has 1 aliphatic rings. The van der Waals surface area contributed by atoms with Crippen LogP contribution in [-0.2, 0) is 4.74 Å². The molecule has 0 saturated heterocycles. The highest BCUT2D eigenvalue weighted by Crippen LogP contribution is 2.24. The summed E-state index contributed by atoms with van der Waals surface area (Å²) in [5.41, 5.74) is 0.610. The van der Waals surface area contributed by atoms with E-state index in [9.17, 15) is 4.79 Å². The van der Waals surface area contributed by atoms with Gasteiger partial charge in [-0.3, -0.25) is 0 Å². The maximum Gasteiger partial charge on any atom is 0.338 e.